The molecule has 0 spiro atoms. The van der Waals surface area contributed by atoms with Gasteiger partial charge in [-0.2, -0.15) is 0 Å². The van der Waals surface area contributed by atoms with E-state index in [1.165, 1.54) is 17.5 Å². The Morgan fingerprint density at radius 2 is 2.21 bits per heavy atom. The molecule has 102 valence electrons. The summed E-state index contributed by atoms with van der Waals surface area (Å²) in [4.78, 5) is 4.78. The van der Waals surface area contributed by atoms with Crippen molar-refractivity contribution < 1.29 is 4.42 Å². The van der Waals surface area contributed by atoms with E-state index in [-0.39, 0.29) is 5.54 Å². The van der Waals surface area contributed by atoms with Crippen molar-refractivity contribution in [1.29, 1.82) is 0 Å². The van der Waals surface area contributed by atoms with Crippen LogP contribution in [0.4, 0.5) is 0 Å². The fourth-order valence-electron chi connectivity index (χ4n) is 3.32. The molecule has 0 saturated carbocycles. The highest BCUT2D eigenvalue weighted by atomic mass is 16.4. The SMILES string of the molecule is CCCC1(c2nc3cc(C)cc(C)c3o2)CCCN1. The first kappa shape index (κ1) is 12.7. The van der Waals surface area contributed by atoms with E-state index in [0.29, 0.717) is 0 Å². The number of nitrogens with zero attached hydrogens (tertiary/aromatic N) is 1. The van der Waals surface area contributed by atoms with Crippen LogP contribution in [0.3, 0.4) is 0 Å². The lowest BCUT2D eigenvalue weighted by atomic mass is 9.92. The zero-order chi connectivity index (χ0) is 13.5. The normalized spacial score (nSPS) is 23.3. The Morgan fingerprint density at radius 3 is 2.89 bits per heavy atom. The fraction of sp³-hybridized carbons (Fsp3) is 0.562. The van der Waals surface area contributed by atoms with Gasteiger partial charge in [-0.05, 0) is 56.8 Å². The Hall–Kier alpha value is -1.35. The molecule has 1 aliphatic heterocycles. The van der Waals surface area contributed by atoms with E-state index in [9.17, 15) is 0 Å². The van der Waals surface area contributed by atoms with Crippen molar-refractivity contribution in [2.75, 3.05) is 6.54 Å². The van der Waals surface area contributed by atoms with Crippen LogP contribution in [0.1, 0.15) is 49.6 Å². The van der Waals surface area contributed by atoms with Gasteiger partial charge in [0.1, 0.15) is 5.52 Å². The Balaban J connectivity index is 2.11. The second kappa shape index (κ2) is 4.64. The average Bonchev–Trinajstić information content (AvgIpc) is 2.96. The zero-order valence-corrected chi connectivity index (χ0v) is 12.0. The van der Waals surface area contributed by atoms with Gasteiger partial charge in [0, 0.05) is 0 Å². The van der Waals surface area contributed by atoms with Crippen LogP contribution in [0.5, 0.6) is 0 Å². The van der Waals surface area contributed by atoms with Crippen molar-refractivity contribution in [1.82, 2.24) is 10.3 Å². The van der Waals surface area contributed by atoms with E-state index >= 15 is 0 Å². The highest BCUT2D eigenvalue weighted by Gasteiger charge is 2.39. The summed E-state index contributed by atoms with van der Waals surface area (Å²) in [6.07, 6.45) is 4.57. The van der Waals surface area contributed by atoms with Gasteiger partial charge in [0.15, 0.2) is 5.58 Å². The minimum absolute atomic E-state index is 0.0336. The quantitative estimate of drug-likeness (QED) is 0.909. The summed E-state index contributed by atoms with van der Waals surface area (Å²) in [5.74, 6) is 0.885. The summed E-state index contributed by atoms with van der Waals surface area (Å²) < 4.78 is 6.12. The maximum atomic E-state index is 6.12. The third-order valence-corrected chi connectivity index (χ3v) is 4.15. The Morgan fingerprint density at radius 1 is 1.37 bits per heavy atom. The van der Waals surface area contributed by atoms with Gasteiger partial charge in [-0.3, -0.25) is 0 Å². The van der Waals surface area contributed by atoms with Gasteiger partial charge in [-0.1, -0.05) is 19.4 Å². The number of hydrogen-bond donors (Lipinski definition) is 1. The van der Waals surface area contributed by atoms with Crippen LogP contribution < -0.4 is 5.32 Å². The van der Waals surface area contributed by atoms with Crippen molar-refractivity contribution in [2.45, 2.75) is 52.0 Å². The number of fused-ring (bicyclic) bond motifs is 1. The second-order valence-corrected chi connectivity index (χ2v) is 5.81. The fourth-order valence-corrected chi connectivity index (χ4v) is 3.32. The molecule has 19 heavy (non-hydrogen) atoms. The van der Waals surface area contributed by atoms with Crippen LogP contribution in [-0.4, -0.2) is 11.5 Å². The van der Waals surface area contributed by atoms with Crippen molar-refractivity contribution in [3.63, 3.8) is 0 Å². The molecule has 1 N–H and O–H groups in total. The van der Waals surface area contributed by atoms with Gasteiger partial charge in [-0.15, -0.1) is 0 Å². The molecule has 0 amide bonds. The number of hydrogen-bond acceptors (Lipinski definition) is 3. The lowest BCUT2D eigenvalue weighted by molar-refractivity contribution is 0.279. The van der Waals surface area contributed by atoms with Gasteiger partial charge in [-0.25, -0.2) is 4.98 Å². The van der Waals surface area contributed by atoms with E-state index in [1.807, 2.05) is 0 Å². The molecule has 1 aromatic carbocycles. The van der Waals surface area contributed by atoms with E-state index < -0.39 is 0 Å². The Kier molecular flexibility index (Phi) is 3.09. The first-order valence-corrected chi connectivity index (χ1v) is 7.28. The van der Waals surface area contributed by atoms with Crippen LogP contribution in [-0.2, 0) is 5.54 Å². The van der Waals surface area contributed by atoms with Gasteiger partial charge in [0.05, 0.1) is 5.54 Å². The Bertz CT molecular complexity index is 594. The van der Waals surface area contributed by atoms with Crippen LogP contribution in [0.2, 0.25) is 0 Å². The van der Waals surface area contributed by atoms with Gasteiger partial charge in [0.2, 0.25) is 5.89 Å². The third-order valence-electron chi connectivity index (χ3n) is 4.15. The molecule has 1 aliphatic rings. The second-order valence-electron chi connectivity index (χ2n) is 5.81. The topological polar surface area (TPSA) is 38.1 Å². The number of oxazole rings is 1. The number of rotatable bonds is 3. The van der Waals surface area contributed by atoms with Crippen LogP contribution in [0, 0.1) is 13.8 Å². The number of aromatic nitrogens is 1. The molecular formula is C16H22N2O. The van der Waals surface area contributed by atoms with E-state index in [2.05, 4.69) is 38.2 Å². The smallest absolute Gasteiger partial charge is 0.215 e. The Labute approximate surface area is 114 Å². The van der Waals surface area contributed by atoms with Crippen molar-refractivity contribution >= 4 is 11.1 Å². The summed E-state index contributed by atoms with van der Waals surface area (Å²) in [5, 5.41) is 3.63. The van der Waals surface area contributed by atoms with E-state index in [4.69, 9.17) is 9.40 Å². The molecule has 1 aromatic heterocycles. The summed E-state index contributed by atoms with van der Waals surface area (Å²) in [6.45, 7) is 7.49. The van der Waals surface area contributed by atoms with Gasteiger partial charge < -0.3 is 9.73 Å². The van der Waals surface area contributed by atoms with Crippen LogP contribution >= 0.6 is 0 Å². The molecule has 1 atom stereocenters. The lowest BCUT2D eigenvalue weighted by Crippen LogP contribution is -2.36. The summed E-state index contributed by atoms with van der Waals surface area (Å²) in [7, 11) is 0. The molecule has 1 unspecified atom stereocenters. The van der Waals surface area contributed by atoms with Crippen LogP contribution in [0.15, 0.2) is 16.5 Å². The molecule has 2 heterocycles. The first-order valence-electron chi connectivity index (χ1n) is 7.28. The van der Waals surface area contributed by atoms with Gasteiger partial charge >= 0.3 is 0 Å². The van der Waals surface area contributed by atoms with Crippen LogP contribution in [0.25, 0.3) is 11.1 Å². The standard InChI is InChI=1S/C16H22N2O/c1-4-6-16(7-5-8-17-16)15-18-13-10-11(2)9-12(3)14(13)19-15/h9-10,17H,4-8H2,1-3H3. The zero-order valence-electron chi connectivity index (χ0n) is 12.0. The maximum Gasteiger partial charge on any atom is 0.215 e. The molecular weight excluding hydrogens is 236 g/mol. The molecule has 3 heteroatoms. The minimum atomic E-state index is -0.0336. The van der Waals surface area contributed by atoms with E-state index in [1.54, 1.807) is 0 Å². The highest BCUT2D eigenvalue weighted by Crippen LogP contribution is 2.37. The molecule has 1 fully saturated rings. The largest absolute Gasteiger partial charge is 0.438 e. The maximum absolute atomic E-state index is 6.12. The number of nitrogens with one attached hydrogen (secondary N) is 1. The molecule has 0 radical (unpaired) electrons. The molecule has 0 aliphatic carbocycles. The molecule has 2 aromatic rings. The minimum Gasteiger partial charge on any atom is -0.438 e. The summed E-state index contributed by atoms with van der Waals surface area (Å²) in [5.41, 5.74) is 4.34. The predicted octanol–water partition coefficient (Wildman–Crippen LogP) is 3.82. The monoisotopic (exact) mass is 258 g/mol. The average molecular weight is 258 g/mol. The number of aryl methyl sites for hydroxylation is 2. The molecule has 3 rings (SSSR count). The number of benzene rings is 1. The summed E-state index contributed by atoms with van der Waals surface area (Å²) >= 11 is 0. The van der Waals surface area contributed by atoms with Crippen molar-refractivity contribution in [3.8, 4) is 0 Å². The van der Waals surface area contributed by atoms with Crippen molar-refractivity contribution in [3.05, 3.63) is 29.2 Å². The molecule has 0 bridgehead atoms. The third kappa shape index (κ3) is 2.06. The lowest BCUT2D eigenvalue weighted by Gasteiger charge is -2.25. The predicted molar refractivity (Wildman–Crippen MR) is 77.3 cm³/mol. The molecule has 1 saturated heterocycles. The first-order chi connectivity index (χ1) is 9.14. The molecule has 3 nitrogen and oxygen atoms in total. The summed E-state index contributed by atoms with van der Waals surface area (Å²) in [6, 6.07) is 4.27. The highest BCUT2D eigenvalue weighted by molar-refractivity contribution is 5.77. The van der Waals surface area contributed by atoms with E-state index in [0.717, 1.165) is 42.8 Å². The van der Waals surface area contributed by atoms with Gasteiger partial charge in [0.25, 0.3) is 0 Å². The van der Waals surface area contributed by atoms with Crippen molar-refractivity contribution in [2.24, 2.45) is 0 Å².